The monoisotopic (exact) mass is 478 g/mol. The molecule has 0 aliphatic heterocycles. The lowest BCUT2D eigenvalue weighted by Crippen LogP contribution is -2.44. The fourth-order valence-electron chi connectivity index (χ4n) is 5.61. The Morgan fingerprint density at radius 3 is 2.26 bits per heavy atom. The number of carbonyl (C=O) groups is 1. The Morgan fingerprint density at radius 1 is 0.886 bits per heavy atom. The van der Waals surface area contributed by atoms with E-state index in [2.05, 4.69) is 29.6 Å². The van der Waals surface area contributed by atoms with Gasteiger partial charge in [0, 0.05) is 18.2 Å². The molecule has 2 aliphatic rings. The van der Waals surface area contributed by atoms with Crippen LogP contribution in [-0.2, 0) is 6.42 Å². The van der Waals surface area contributed by atoms with Gasteiger partial charge in [-0.15, -0.1) is 0 Å². The van der Waals surface area contributed by atoms with Crippen molar-refractivity contribution in [1.82, 2.24) is 4.90 Å². The van der Waals surface area contributed by atoms with Crippen LogP contribution in [0, 0.1) is 17.5 Å². The summed E-state index contributed by atoms with van der Waals surface area (Å²) in [6.07, 6.45) is 6.73. The molecule has 35 heavy (non-hydrogen) atoms. The molecule has 2 aliphatic carbocycles. The molecule has 0 spiro atoms. The van der Waals surface area contributed by atoms with Crippen LogP contribution in [0.3, 0.4) is 0 Å². The van der Waals surface area contributed by atoms with Gasteiger partial charge in [0.2, 0.25) is 0 Å². The molecule has 182 valence electrons. The Balaban J connectivity index is 1.46. The molecule has 3 nitrogen and oxygen atoms in total. The molecule has 5 rings (SSSR count). The minimum absolute atomic E-state index is 0.0514. The average molecular weight is 479 g/mol. The van der Waals surface area contributed by atoms with Gasteiger partial charge in [-0.05, 0) is 54.0 Å². The maximum absolute atomic E-state index is 14.3. The molecule has 6 heteroatoms. The van der Waals surface area contributed by atoms with Crippen molar-refractivity contribution in [2.24, 2.45) is 0 Å². The number of rotatable bonds is 4. The highest BCUT2D eigenvalue weighted by Crippen LogP contribution is 2.39. The van der Waals surface area contributed by atoms with Gasteiger partial charge in [0.15, 0.2) is 11.6 Å². The number of nitrogens with one attached hydrogen (secondary N) is 1. The second-order valence-corrected chi connectivity index (χ2v) is 9.65. The molecule has 0 heterocycles. The molecule has 0 aromatic heterocycles. The van der Waals surface area contributed by atoms with Crippen molar-refractivity contribution in [2.45, 2.75) is 64.0 Å². The average Bonchev–Trinajstić information content (AvgIpc) is 2.99. The van der Waals surface area contributed by atoms with Gasteiger partial charge in [-0.1, -0.05) is 68.1 Å². The molecular formula is C29H29F3N2O. The maximum atomic E-state index is 14.3. The fourth-order valence-corrected chi connectivity index (χ4v) is 5.61. The summed E-state index contributed by atoms with van der Waals surface area (Å²) in [5.74, 6) is -3.27. The number of fused-ring (bicyclic) bond motifs is 3. The van der Waals surface area contributed by atoms with E-state index in [0.717, 1.165) is 50.5 Å². The first-order valence-electron chi connectivity index (χ1n) is 12.4. The summed E-state index contributed by atoms with van der Waals surface area (Å²) in [6, 6.07) is 14.9. The van der Waals surface area contributed by atoms with Gasteiger partial charge in [0.1, 0.15) is 11.5 Å². The van der Waals surface area contributed by atoms with Crippen LogP contribution >= 0.6 is 0 Å². The summed E-state index contributed by atoms with van der Waals surface area (Å²) >= 11 is 0. The first kappa shape index (κ1) is 23.5. The number of carbonyl (C=O) groups excluding carboxylic acids is 1. The Labute approximate surface area is 204 Å². The van der Waals surface area contributed by atoms with Crippen molar-refractivity contribution in [2.75, 3.05) is 5.32 Å². The zero-order chi connectivity index (χ0) is 24.5. The number of hydrogen-bond donors (Lipinski definition) is 1. The molecule has 1 atom stereocenters. The molecule has 1 fully saturated rings. The highest BCUT2D eigenvalue weighted by molar-refractivity contribution is 5.90. The van der Waals surface area contributed by atoms with Gasteiger partial charge in [0.25, 0.3) is 0 Å². The van der Waals surface area contributed by atoms with Gasteiger partial charge in [-0.2, -0.15) is 0 Å². The molecule has 1 saturated carbocycles. The maximum Gasteiger partial charge on any atom is 0.322 e. The lowest BCUT2D eigenvalue weighted by molar-refractivity contribution is 0.152. The van der Waals surface area contributed by atoms with Crippen LogP contribution in [0.25, 0.3) is 11.1 Å². The van der Waals surface area contributed by atoms with Crippen molar-refractivity contribution in [3.63, 3.8) is 0 Å². The second kappa shape index (κ2) is 9.76. The third-order valence-corrected chi connectivity index (χ3v) is 7.41. The minimum Gasteiger partial charge on any atom is -0.315 e. The number of urea groups is 1. The van der Waals surface area contributed by atoms with Crippen LogP contribution in [-0.4, -0.2) is 17.0 Å². The summed E-state index contributed by atoms with van der Waals surface area (Å²) < 4.78 is 42.1. The van der Waals surface area contributed by atoms with Crippen LogP contribution in [0.5, 0.6) is 0 Å². The van der Waals surface area contributed by atoms with E-state index in [4.69, 9.17) is 0 Å². The van der Waals surface area contributed by atoms with E-state index in [0.29, 0.717) is 12.1 Å². The van der Waals surface area contributed by atoms with Crippen molar-refractivity contribution in [1.29, 1.82) is 0 Å². The molecule has 1 N–H and O–H groups in total. The zero-order valence-corrected chi connectivity index (χ0v) is 19.8. The summed E-state index contributed by atoms with van der Waals surface area (Å²) in [5.41, 5.74) is 5.31. The topological polar surface area (TPSA) is 32.3 Å². The fraction of sp³-hybridized carbons (Fsp3) is 0.345. The predicted molar refractivity (Wildman–Crippen MR) is 132 cm³/mol. The second-order valence-electron chi connectivity index (χ2n) is 9.65. The van der Waals surface area contributed by atoms with Crippen molar-refractivity contribution >= 4 is 11.7 Å². The molecule has 0 radical (unpaired) electrons. The van der Waals surface area contributed by atoms with Crippen molar-refractivity contribution in [3.05, 3.63) is 88.7 Å². The molecule has 1 unspecified atom stereocenters. The number of halogens is 3. The van der Waals surface area contributed by atoms with Gasteiger partial charge < -0.3 is 10.2 Å². The lowest BCUT2D eigenvalue weighted by Gasteiger charge is -2.37. The zero-order valence-electron chi connectivity index (χ0n) is 19.8. The number of hydrogen-bond acceptors (Lipinski definition) is 1. The van der Waals surface area contributed by atoms with Gasteiger partial charge in [-0.25, -0.2) is 18.0 Å². The van der Waals surface area contributed by atoms with E-state index in [9.17, 15) is 18.0 Å². The Kier molecular flexibility index (Phi) is 6.54. The highest BCUT2D eigenvalue weighted by atomic mass is 19.1. The quantitative estimate of drug-likeness (QED) is 0.296. The van der Waals surface area contributed by atoms with Crippen LogP contribution < -0.4 is 5.32 Å². The molecule has 3 aromatic rings. The minimum atomic E-state index is -1.13. The van der Waals surface area contributed by atoms with Gasteiger partial charge >= 0.3 is 6.03 Å². The Hall–Kier alpha value is -3.28. The lowest BCUT2D eigenvalue weighted by atomic mass is 9.97. The van der Waals surface area contributed by atoms with Gasteiger partial charge in [0.05, 0.1) is 6.04 Å². The number of amides is 2. The van der Waals surface area contributed by atoms with E-state index >= 15 is 0 Å². The van der Waals surface area contributed by atoms with Crippen LogP contribution in [0.1, 0.15) is 68.2 Å². The summed E-state index contributed by atoms with van der Waals surface area (Å²) in [7, 11) is 0. The summed E-state index contributed by atoms with van der Waals surface area (Å²) in [5, 5.41) is 2.41. The molecule has 0 bridgehead atoms. The van der Waals surface area contributed by atoms with E-state index in [1.54, 1.807) is 4.90 Å². The number of nitrogens with zero attached hydrogens (tertiary/aromatic N) is 1. The smallest absolute Gasteiger partial charge is 0.315 e. The van der Waals surface area contributed by atoms with E-state index < -0.39 is 29.2 Å². The largest absolute Gasteiger partial charge is 0.322 e. The first-order valence-corrected chi connectivity index (χ1v) is 12.4. The first-order chi connectivity index (χ1) is 16.9. The van der Waals surface area contributed by atoms with Crippen LogP contribution in [0.15, 0.2) is 54.6 Å². The third kappa shape index (κ3) is 4.66. The van der Waals surface area contributed by atoms with Crippen LogP contribution in [0.2, 0.25) is 0 Å². The van der Waals surface area contributed by atoms with E-state index in [-0.39, 0.29) is 12.1 Å². The molecule has 2 amide bonds. The summed E-state index contributed by atoms with van der Waals surface area (Å²) in [4.78, 5) is 15.3. The third-order valence-electron chi connectivity index (χ3n) is 7.41. The highest BCUT2D eigenvalue weighted by Gasteiger charge is 2.32. The normalized spacial score (nSPS) is 16.2. The standard InChI is InChI=1S/C29H29F3N2O/c1-18(19-12-13-25-21(14-19)15-20-8-6-7-11-24(20)25)34(23-9-4-2-3-5-10-23)29(35)33-28-26(31)16-22(30)17-27(28)32/h6-8,11-14,16-18,23H,2-5,9-10,15H2,1H3,(H,33,35). The Bertz CT molecular complexity index is 1230. The van der Waals surface area contributed by atoms with E-state index in [1.807, 2.05) is 25.1 Å². The molecule has 3 aromatic carbocycles. The predicted octanol–water partition coefficient (Wildman–Crippen LogP) is 7.99. The Morgan fingerprint density at radius 2 is 1.54 bits per heavy atom. The van der Waals surface area contributed by atoms with Crippen molar-refractivity contribution in [3.8, 4) is 11.1 Å². The van der Waals surface area contributed by atoms with Gasteiger partial charge in [-0.3, -0.25) is 0 Å². The SMILES string of the molecule is CC(c1ccc2c(c1)Cc1ccccc1-2)N(C(=O)Nc1c(F)cc(F)cc1F)C1CCCCCC1. The number of anilines is 1. The summed E-state index contributed by atoms with van der Waals surface area (Å²) in [6.45, 7) is 1.96. The number of benzene rings is 3. The molecule has 0 saturated heterocycles. The van der Waals surface area contributed by atoms with Crippen LogP contribution in [0.4, 0.5) is 23.7 Å². The van der Waals surface area contributed by atoms with E-state index in [1.165, 1.54) is 22.3 Å². The molecular weight excluding hydrogens is 449 g/mol. The van der Waals surface area contributed by atoms with Crippen molar-refractivity contribution < 1.29 is 18.0 Å².